The third-order valence-electron chi connectivity index (χ3n) is 6.35. The topological polar surface area (TPSA) is 172 Å². The van der Waals surface area contributed by atoms with Gasteiger partial charge >= 0.3 is 6.09 Å². The van der Waals surface area contributed by atoms with E-state index in [1.807, 2.05) is 11.0 Å². The van der Waals surface area contributed by atoms with Crippen molar-refractivity contribution in [1.82, 2.24) is 4.90 Å². The molecule has 1 fully saturated rings. The first kappa shape index (κ1) is 27.6. The molecular weight excluding hydrogens is 520 g/mol. The summed E-state index contributed by atoms with van der Waals surface area (Å²) in [5.41, 5.74) is 8.44. The molecule has 0 aliphatic carbocycles. The summed E-state index contributed by atoms with van der Waals surface area (Å²) in [7, 11) is -3.92. The molecule has 1 aliphatic rings. The first-order valence-electron chi connectivity index (χ1n) is 12.2. The third-order valence-corrected chi connectivity index (χ3v) is 7.32. The number of anilines is 2. The fourth-order valence-electron chi connectivity index (χ4n) is 4.46. The van der Waals surface area contributed by atoms with Gasteiger partial charge in [0, 0.05) is 35.6 Å². The summed E-state index contributed by atoms with van der Waals surface area (Å²) < 4.78 is 29.1. The molecule has 1 aliphatic heterocycles. The number of benzene rings is 3. The van der Waals surface area contributed by atoms with Crippen molar-refractivity contribution in [2.75, 3.05) is 36.5 Å². The molecule has 11 nitrogen and oxygen atoms in total. The lowest BCUT2D eigenvalue weighted by Gasteiger charge is -2.41. The van der Waals surface area contributed by atoms with Gasteiger partial charge in [0.15, 0.2) is 0 Å². The van der Waals surface area contributed by atoms with Crippen molar-refractivity contribution in [2.45, 2.75) is 17.9 Å². The molecule has 1 atom stereocenters. The fourth-order valence-corrected chi connectivity index (χ4v) is 5.22. The second-order valence-electron chi connectivity index (χ2n) is 8.93. The van der Waals surface area contributed by atoms with Crippen molar-refractivity contribution in [3.63, 3.8) is 0 Å². The molecule has 0 aromatic heterocycles. The van der Waals surface area contributed by atoms with Crippen LogP contribution in [0.25, 0.3) is 11.1 Å². The minimum absolute atomic E-state index is 0.00600. The van der Waals surface area contributed by atoms with Crippen LogP contribution in [0.2, 0.25) is 0 Å². The Labute approximate surface area is 226 Å². The molecule has 0 radical (unpaired) electrons. The quantitative estimate of drug-likeness (QED) is 0.258. The zero-order chi connectivity index (χ0) is 28.2. The molecule has 4 rings (SSSR count). The Kier molecular flexibility index (Phi) is 8.17. The highest BCUT2D eigenvalue weighted by atomic mass is 32.2. The molecule has 0 spiro atoms. The Morgan fingerprint density at radius 2 is 1.77 bits per heavy atom. The third kappa shape index (κ3) is 6.36. The van der Waals surface area contributed by atoms with Gasteiger partial charge in [-0.25, -0.2) is 18.4 Å². The fraction of sp³-hybridized carbons (Fsp3) is 0.222. The highest BCUT2D eigenvalue weighted by Gasteiger charge is 2.35. The van der Waals surface area contributed by atoms with Crippen molar-refractivity contribution >= 4 is 39.2 Å². The number of piperazine rings is 1. The number of hydrogen-bond acceptors (Lipinski definition) is 7. The van der Waals surface area contributed by atoms with Gasteiger partial charge in [0.05, 0.1) is 18.0 Å². The summed E-state index contributed by atoms with van der Waals surface area (Å²) in [6, 6.07) is 19.4. The summed E-state index contributed by atoms with van der Waals surface area (Å²) in [5, 5.41) is 16.0. The molecule has 39 heavy (non-hydrogen) atoms. The Morgan fingerprint density at radius 3 is 2.44 bits per heavy atom. The number of carbonyl (C=O) groups excluding carboxylic acids is 2. The van der Waals surface area contributed by atoms with Crippen LogP contribution >= 0.6 is 0 Å². The molecule has 6 N–H and O–H groups in total. The number of nitrogens with two attached hydrogens (primary N) is 2. The molecule has 3 aromatic carbocycles. The second-order valence-corrected chi connectivity index (χ2v) is 10.5. The van der Waals surface area contributed by atoms with E-state index in [2.05, 4.69) is 5.32 Å². The van der Waals surface area contributed by atoms with E-state index >= 15 is 0 Å². The van der Waals surface area contributed by atoms with E-state index in [-0.39, 0.29) is 29.8 Å². The smallest absolute Gasteiger partial charge is 0.409 e. The van der Waals surface area contributed by atoms with Crippen molar-refractivity contribution < 1.29 is 22.7 Å². The van der Waals surface area contributed by atoms with Crippen LogP contribution in [0.15, 0.2) is 77.7 Å². The molecule has 204 valence electrons. The van der Waals surface area contributed by atoms with E-state index in [0.717, 1.165) is 0 Å². The van der Waals surface area contributed by atoms with Crippen LogP contribution in [-0.4, -0.2) is 63.4 Å². The van der Waals surface area contributed by atoms with Crippen molar-refractivity contribution in [1.29, 1.82) is 5.41 Å². The molecule has 2 amide bonds. The van der Waals surface area contributed by atoms with E-state index in [1.165, 1.54) is 11.0 Å². The number of amides is 2. The predicted molar refractivity (Wildman–Crippen MR) is 149 cm³/mol. The monoisotopic (exact) mass is 550 g/mol. The maximum atomic E-state index is 13.5. The van der Waals surface area contributed by atoms with Crippen molar-refractivity contribution in [2.24, 2.45) is 10.9 Å². The van der Waals surface area contributed by atoms with Gasteiger partial charge in [0.25, 0.3) is 0 Å². The highest BCUT2D eigenvalue weighted by Crippen LogP contribution is 2.28. The summed E-state index contributed by atoms with van der Waals surface area (Å²) in [6.07, 6.45) is -0.495. The number of nitrogens with zero attached hydrogens (tertiary/aromatic N) is 2. The molecule has 3 aromatic rings. The standard InChI is InChI=1S/C27H30N6O5S/c1-2-38-27(35)32-14-15-33(21-7-5-6-19(16-21)25(28)29)23(17-32)26(34)31-20-12-10-18(11-13-20)22-8-3-4-9-24(22)39(30,36)37/h3-13,16,23H,2,14-15,17H2,1H3,(H3,28,29)(H,31,34)(H2,30,36,37). The largest absolute Gasteiger partial charge is 0.450 e. The van der Waals surface area contributed by atoms with Crippen molar-refractivity contribution in [3.05, 3.63) is 78.4 Å². The number of nitrogen functional groups attached to an aromatic ring is 1. The van der Waals surface area contributed by atoms with Gasteiger partial charge in [-0.15, -0.1) is 0 Å². The predicted octanol–water partition coefficient (Wildman–Crippen LogP) is 2.57. The first-order chi connectivity index (χ1) is 18.6. The number of carbonyl (C=O) groups is 2. The van der Waals surface area contributed by atoms with E-state index in [1.54, 1.807) is 67.6 Å². The molecule has 0 bridgehead atoms. The van der Waals surface area contributed by atoms with E-state index in [0.29, 0.717) is 41.2 Å². The number of hydrogen-bond donors (Lipinski definition) is 4. The lowest BCUT2D eigenvalue weighted by molar-refractivity contribution is -0.118. The SMILES string of the molecule is CCOC(=O)N1CCN(c2cccc(C(=N)N)c2)C(C(=O)Nc2ccc(-c3ccccc3S(N)(=O)=O)cc2)C1. The number of ether oxygens (including phenoxy) is 1. The first-order valence-corrected chi connectivity index (χ1v) is 13.8. The molecule has 12 heteroatoms. The summed E-state index contributed by atoms with van der Waals surface area (Å²) in [5.74, 6) is -0.443. The summed E-state index contributed by atoms with van der Waals surface area (Å²) in [4.78, 5) is 29.3. The van der Waals surface area contributed by atoms with E-state index < -0.39 is 22.2 Å². The molecular formula is C27H30N6O5S. The number of amidine groups is 1. The van der Waals surface area contributed by atoms with Crippen LogP contribution in [0.3, 0.4) is 0 Å². The van der Waals surface area contributed by atoms with Crippen LogP contribution < -0.4 is 21.1 Å². The van der Waals surface area contributed by atoms with Crippen molar-refractivity contribution in [3.8, 4) is 11.1 Å². The molecule has 1 unspecified atom stereocenters. The Hall–Kier alpha value is -4.42. The van der Waals surface area contributed by atoms with Gasteiger partial charge in [-0.2, -0.15) is 0 Å². The number of rotatable bonds is 7. The minimum atomic E-state index is -3.92. The minimum Gasteiger partial charge on any atom is -0.450 e. The van der Waals surface area contributed by atoms with Gasteiger partial charge in [0.2, 0.25) is 15.9 Å². The highest BCUT2D eigenvalue weighted by molar-refractivity contribution is 7.89. The average Bonchev–Trinajstić information content (AvgIpc) is 2.93. The average molecular weight is 551 g/mol. The Morgan fingerprint density at radius 1 is 1.05 bits per heavy atom. The summed E-state index contributed by atoms with van der Waals surface area (Å²) >= 11 is 0. The maximum Gasteiger partial charge on any atom is 0.409 e. The normalized spacial score (nSPS) is 15.5. The van der Waals surface area contributed by atoms with E-state index in [9.17, 15) is 18.0 Å². The second kappa shape index (κ2) is 11.5. The van der Waals surface area contributed by atoms with Crippen LogP contribution in [0.4, 0.5) is 16.2 Å². The van der Waals surface area contributed by atoms with Gasteiger partial charge in [-0.1, -0.05) is 42.5 Å². The number of primary sulfonamides is 1. The Bertz CT molecular complexity index is 1490. The van der Waals surface area contributed by atoms with Crippen LogP contribution in [0, 0.1) is 5.41 Å². The van der Waals surface area contributed by atoms with Gasteiger partial charge in [-0.3, -0.25) is 10.2 Å². The van der Waals surface area contributed by atoms with Gasteiger partial charge < -0.3 is 25.6 Å². The van der Waals surface area contributed by atoms with Gasteiger partial charge in [0.1, 0.15) is 11.9 Å². The number of sulfonamides is 1. The zero-order valence-electron chi connectivity index (χ0n) is 21.3. The van der Waals surface area contributed by atoms with Crippen LogP contribution in [-0.2, 0) is 19.6 Å². The van der Waals surface area contributed by atoms with E-state index in [4.69, 9.17) is 21.0 Å². The van der Waals surface area contributed by atoms with Gasteiger partial charge in [-0.05, 0) is 42.8 Å². The molecule has 1 heterocycles. The molecule has 0 saturated carbocycles. The van der Waals surface area contributed by atoms with Crippen LogP contribution in [0.1, 0.15) is 12.5 Å². The zero-order valence-corrected chi connectivity index (χ0v) is 22.1. The lowest BCUT2D eigenvalue weighted by atomic mass is 10.0. The Balaban J connectivity index is 1.59. The lowest BCUT2D eigenvalue weighted by Crippen LogP contribution is -2.59. The molecule has 1 saturated heterocycles. The maximum absolute atomic E-state index is 13.5. The summed E-state index contributed by atoms with van der Waals surface area (Å²) in [6.45, 7) is 2.75. The van der Waals surface area contributed by atoms with Crippen LogP contribution in [0.5, 0.6) is 0 Å². The number of nitrogens with one attached hydrogen (secondary N) is 2.